The number of carbonyl (C=O) groups is 1. The van der Waals surface area contributed by atoms with Crippen molar-refractivity contribution in [3.8, 4) is 0 Å². The van der Waals surface area contributed by atoms with Crippen LogP contribution in [-0.4, -0.2) is 57.9 Å². The SMILES string of the molecule is C[C@@H]1OC(F)(F)CN(C(=O)OC(C)(C)C)[C@@H]1CNc1cnc(C(F)(F)F)cn1. The molecule has 2 heterocycles. The number of carbonyl (C=O) groups excluding carboxylic acids is 1. The van der Waals surface area contributed by atoms with Crippen LogP contribution in [0.25, 0.3) is 0 Å². The van der Waals surface area contributed by atoms with E-state index in [-0.39, 0.29) is 12.4 Å². The van der Waals surface area contributed by atoms with Gasteiger partial charge in [0.1, 0.15) is 18.0 Å². The minimum atomic E-state index is -4.63. The van der Waals surface area contributed by atoms with Crippen molar-refractivity contribution >= 4 is 11.9 Å². The number of morpholine rings is 1. The van der Waals surface area contributed by atoms with E-state index < -0.39 is 48.4 Å². The Labute approximate surface area is 158 Å². The van der Waals surface area contributed by atoms with E-state index in [0.29, 0.717) is 6.20 Å². The minimum absolute atomic E-state index is 0.0123. The molecule has 0 unspecified atom stereocenters. The first-order chi connectivity index (χ1) is 12.7. The lowest BCUT2D eigenvalue weighted by Crippen LogP contribution is -2.61. The number of alkyl halides is 5. The van der Waals surface area contributed by atoms with E-state index in [4.69, 9.17) is 4.74 Å². The molecule has 1 aliphatic rings. The number of hydrogen-bond donors (Lipinski definition) is 1. The molecule has 2 atom stereocenters. The Kier molecular flexibility index (Phi) is 6.02. The lowest BCUT2D eigenvalue weighted by Gasteiger charge is -2.43. The highest BCUT2D eigenvalue weighted by Crippen LogP contribution is 2.30. The molecule has 0 bridgehead atoms. The van der Waals surface area contributed by atoms with Crippen molar-refractivity contribution in [1.82, 2.24) is 14.9 Å². The number of rotatable bonds is 3. The van der Waals surface area contributed by atoms with Crippen LogP contribution in [0.4, 0.5) is 32.6 Å². The summed E-state index contributed by atoms with van der Waals surface area (Å²) in [6.07, 6.45) is -8.80. The molecule has 0 aliphatic carbocycles. The summed E-state index contributed by atoms with van der Waals surface area (Å²) in [6.45, 7) is 5.01. The maximum absolute atomic E-state index is 13.8. The second-order valence-corrected chi connectivity index (χ2v) is 7.30. The lowest BCUT2D eigenvalue weighted by atomic mass is 10.1. The fourth-order valence-electron chi connectivity index (χ4n) is 2.53. The average molecular weight is 412 g/mol. The van der Waals surface area contributed by atoms with Gasteiger partial charge in [-0.05, 0) is 27.7 Å². The molecule has 7 nitrogen and oxygen atoms in total. The van der Waals surface area contributed by atoms with Crippen LogP contribution in [0.1, 0.15) is 33.4 Å². The van der Waals surface area contributed by atoms with Gasteiger partial charge in [-0.15, -0.1) is 0 Å². The Morgan fingerprint density at radius 3 is 2.46 bits per heavy atom. The molecule has 158 valence electrons. The van der Waals surface area contributed by atoms with Crippen molar-refractivity contribution in [2.24, 2.45) is 0 Å². The quantitative estimate of drug-likeness (QED) is 0.766. The fraction of sp³-hybridized carbons (Fsp3) is 0.688. The van der Waals surface area contributed by atoms with E-state index in [1.807, 2.05) is 0 Å². The summed E-state index contributed by atoms with van der Waals surface area (Å²) >= 11 is 0. The van der Waals surface area contributed by atoms with Crippen LogP contribution in [0.5, 0.6) is 0 Å². The molecule has 1 N–H and O–H groups in total. The summed E-state index contributed by atoms with van der Waals surface area (Å²) in [7, 11) is 0. The number of nitrogens with one attached hydrogen (secondary N) is 1. The standard InChI is InChI=1S/C16H21F5N4O3/c1-9-10(5-23-12-7-22-11(6-24-12)16(19,20)21)25(8-15(17,18)27-9)13(26)28-14(2,3)4/h6-7,9-10H,5,8H2,1-4H3,(H,23,24)/t9-,10+/m0/s1. The summed E-state index contributed by atoms with van der Waals surface area (Å²) in [4.78, 5) is 20.0. The minimum Gasteiger partial charge on any atom is -0.444 e. The van der Waals surface area contributed by atoms with Gasteiger partial charge in [0.2, 0.25) is 0 Å². The smallest absolute Gasteiger partial charge is 0.434 e. The van der Waals surface area contributed by atoms with Crippen LogP contribution in [0, 0.1) is 0 Å². The van der Waals surface area contributed by atoms with Gasteiger partial charge in [-0.2, -0.15) is 22.0 Å². The Hall–Kier alpha value is -2.24. The van der Waals surface area contributed by atoms with Gasteiger partial charge in [-0.1, -0.05) is 0 Å². The third kappa shape index (κ3) is 5.88. The summed E-state index contributed by atoms with van der Waals surface area (Å²) in [5.74, 6) is -0.0123. The van der Waals surface area contributed by atoms with Crippen molar-refractivity contribution in [2.45, 2.75) is 57.7 Å². The number of aromatic nitrogens is 2. The molecule has 1 aromatic rings. The van der Waals surface area contributed by atoms with E-state index in [1.165, 1.54) is 6.92 Å². The number of hydrogen-bond acceptors (Lipinski definition) is 6. The number of nitrogens with zero attached hydrogens (tertiary/aromatic N) is 3. The highest BCUT2D eigenvalue weighted by Gasteiger charge is 2.48. The molecule has 0 saturated carbocycles. The highest BCUT2D eigenvalue weighted by atomic mass is 19.4. The molecule has 12 heteroatoms. The summed E-state index contributed by atoms with van der Waals surface area (Å²) in [5, 5.41) is 2.68. The monoisotopic (exact) mass is 412 g/mol. The second kappa shape index (κ2) is 7.64. The van der Waals surface area contributed by atoms with Crippen molar-refractivity contribution in [2.75, 3.05) is 18.4 Å². The molecular weight excluding hydrogens is 391 g/mol. The van der Waals surface area contributed by atoms with Crippen molar-refractivity contribution in [3.05, 3.63) is 18.1 Å². The van der Waals surface area contributed by atoms with Gasteiger partial charge in [-0.25, -0.2) is 14.8 Å². The molecule has 28 heavy (non-hydrogen) atoms. The summed E-state index contributed by atoms with van der Waals surface area (Å²) in [5.41, 5.74) is -2.06. The zero-order valence-corrected chi connectivity index (χ0v) is 15.7. The Morgan fingerprint density at radius 1 is 1.32 bits per heavy atom. The summed E-state index contributed by atoms with van der Waals surface area (Å²) in [6, 6.07) is -0.876. The van der Waals surface area contributed by atoms with Crippen molar-refractivity contribution in [1.29, 1.82) is 0 Å². The predicted molar refractivity (Wildman–Crippen MR) is 87.7 cm³/mol. The van der Waals surface area contributed by atoms with Crippen LogP contribution in [0.3, 0.4) is 0 Å². The zero-order valence-electron chi connectivity index (χ0n) is 15.7. The number of halogens is 5. The van der Waals surface area contributed by atoms with Gasteiger partial charge in [0.05, 0.1) is 24.5 Å². The van der Waals surface area contributed by atoms with Crippen LogP contribution >= 0.6 is 0 Å². The number of amides is 1. The van der Waals surface area contributed by atoms with Gasteiger partial charge >= 0.3 is 18.4 Å². The molecule has 0 spiro atoms. The maximum Gasteiger partial charge on any atom is 0.434 e. The van der Waals surface area contributed by atoms with E-state index in [0.717, 1.165) is 11.1 Å². The van der Waals surface area contributed by atoms with E-state index in [1.54, 1.807) is 20.8 Å². The zero-order chi connectivity index (χ0) is 21.3. The number of ether oxygens (including phenoxy) is 2. The predicted octanol–water partition coefficient (Wildman–Crippen LogP) is 3.52. The third-order valence-electron chi connectivity index (χ3n) is 3.72. The third-order valence-corrected chi connectivity index (χ3v) is 3.72. The maximum atomic E-state index is 13.8. The van der Waals surface area contributed by atoms with Crippen molar-refractivity contribution in [3.63, 3.8) is 0 Å². The van der Waals surface area contributed by atoms with Gasteiger partial charge in [0.25, 0.3) is 0 Å². The molecule has 0 aromatic carbocycles. The normalized spacial score (nSPS) is 22.7. The number of anilines is 1. The van der Waals surface area contributed by atoms with E-state index in [2.05, 4.69) is 20.0 Å². The Morgan fingerprint density at radius 2 is 1.96 bits per heavy atom. The molecule has 1 saturated heterocycles. The van der Waals surface area contributed by atoms with Gasteiger partial charge in [-0.3, -0.25) is 4.90 Å². The molecule has 1 amide bonds. The van der Waals surface area contributed by atoms with Crippen molar-refractivity contribution < 1.29 is 36.2 Å². The van der Waals surface area contributed by atoms with Crippen LogP contribution in [-0.2, 0) is 15.7 Å². The lowest BCUT2D eigenvalue weighted by molar-refractivity contribution is -0.300. The molecule has 0 radical (unpaired) electrons. The van der Waals surface area contributed by atoms with E-state index in [9.17, 15) is 26.7 Å². The molecule has 1 aliphatic heterocycles. The van der Waals surface area contributed by atoms with Gasteiger partial charge in [0.15, 0.2) is 5.69 Å². The first kappa shape index (κ1) is 22.1. The van der Waals surface area contributed by atoms with Gasteiger partial charge < -0.3 is 14.8 Å². The first-order valence-corrected chi connectivity index (χ1v) is 8.36. The topological polar surface area (TPSA) is 76.6 Å². The Bertz CT molecular complexity index is 691. The second-order valence-electron chi connectivity index (χ2n) is 7.30. The van der Waals surface area contributed by atoms with Crippen LogP contribution in [0.2, 0.25) is 0 Å². The average Bonchev–Trinajstić information content (AvgIpc) is 2.50. The van der Waals surface area contributed by atoms with Crippen LogP contribution in [0.15, 0.2) is 12.4 Å². The molecule has 1 fully saturated rings. The Balaban J connectivity index is 2.12. The first-order valence-electron chi connectivity index (χ1n) is 8.36. The highest BCUT2D eigenvalue weighted by molar-refractivity contribution is 5.69. The molecule has 1 aromatic heterocycles. The fourth-order valence-corrected chi connectivity index (χ4v) is 2.53. The molecule has 2 rings (SSSR count). The summed E-state index contributed by atoms with van der Waals surface area (Å²) < 4.78 is 74.9. The van der Waals surface area contributed by atoms with Gasteiger partial charge in [0, 0.05) is 6.54 Å². The largest absolute Gasteiger partial charge is 0.444 e. The van der Waals surface area contributed by atoms with Crippen LogP contribution < -0.4 is 5.32 Å². The van der Waals surface area contributed by atoms with E-state index >= 15 is 0 Å². The molecular formula is C16H21F5N4O3.